The van der Waals surface area contributed by atoms with Gasteiger partial charge in [-0.2, -0.15) is 0 Å². The second kappa shape index (κ2) is 16.5. The molecule has 0 aromatic rings. The van der Waals surface area contributed by atoms with Crippen molar-refractivity contribution >= 4 is 0 Å². The maximum atomic E-state index is 3.48. The van der Waals surface area contributed by atoms with E-state index in [0.29, 0.717) is 0 Å². The van der Waals surface area contributed by atoms with Gasteiger partial charge < -0.3 is 0 Å². The molecule has 0 nitrogen and oxygen atoms in total. The van der Waals surface area contributed by atoms with E-state index < -0.39 is 0 Å². The molecule has 17 heavy (non-hydrogen) atoms. The number of unbranched alkanes of at least 4 members (excludes halogenated alkanes) is 13. The Morgan fingerprint density at radius 3 is 1.06 bits per heavy atom. The molecule has 0 bridgehead atoms. The van der Waals surface area contributed by atoms with Gasteiger partial charge in [-0.25, -0.2) is 0 Å². The van der Waals surface area contributed by atoms with E-state index in [1.807, 2.05) is 0 Å². The van der Waals surface area contributed by atoms with E-state index in [1.165, 1.54) is 95.2 Å². The fourth-order valence-electron chi connectivity index (χ4n) is 2.29. The Morgan fingerprint density at radius 1 is 0.471 bits per heavy atom. The molecule has 0 aromatic carbocycles. The molecular formula is C16H33Mn. The van der Waals surface area contributed by atoms with Gasteiger partial charge >= 0.3 is 92.0 Å². The SMILES string of the molecule is CCCCCCCCCCCCCCC[CH2][Mn]. The summed E-state index contributed by atoms with van der Waals surface area (Å²) in [6, 6.07) is 0. The summed E-state index contributed by atoms with van der Waals surface area (Å²) in [4.78, 5) is 0. The van der Waals surface area contributed by atoms with Gasteiger partial charge in [0.25, 0.3) is 0 Å². The van der Waals surface area contributed by atoms with E-state index in [1.54, 1.807) is 0 Å². The molecule has 0 N–H and O–H groups in total. The van der Waals surface area contributed by atoms with Crippen molar-refractivity contribution in [3.05, 3.63) is 0 Å². The van der Waals surface area contributed by atoms with E-state index in [2.05, 4.69) is 22.9 Å². The second-order valence-electron chi connectivity index (χ2n) is 5.29. The van der Waals surface area contributed by atoms with E-state index in [9.17, 15) is 0 Å². The van der Waals surface area contributed by atoms with Crippen molar-refractivity contribution in [2.45, 2.75) is 102 Å². The fourth-order valence-corrected chi connectivity index (χ4v) is 2.58. The van der Waals surface area contributed by atoms with Crippen LogP contribution in [0.15, 0.2) is 0 Å². The standard InChI is InChI=1S/C16H33.Mn/c1-3-5-7-9-11-13-15-16-14-12-10-8-6-4-2;/h1,3-16H2,2H3;. The molecule has 0 saturated carbocycles. The van der Waals surface area contributed by atoms with E-state index in [4.69, 9.17) is 0 Å². The van der Waals surface area contributed by atoms with Gasteiger partial charge in [0, 0.05) is 0 Å². The van der Waals surface area contributed by atoms with Crippen molar-refractivity contribution in [1.29, 1.82) is 0 Å². The molecule has 0 aliphatic carbocycles. The van der Waals surface area contributed by atoms with Crippen LogP contribution in [-0.2, 0) is 16.0 Å². The van der Waals surface area contributed by atoms with Crippen LogP contribution < -0.4 is 0 Å². The average Bonchev–Trinajstić information content (AvgIpc) is 2.35. The quantitative estimate of drug-likeness (QED) is 0.254. The Bertz CT molecular complexity index is 109. The van der Waals surface area contributed by atoms with Gasteiger partial charge in [-0.15, -0.1) is 0 Å². The van der Waals surface area contributed by atoms with Gasteiger partial charge in [0.05, 0.1) is 0 Å². The molecule has 0 amide bonds. The molecule has 0 atom stereocenters. The van der Waals surface area contributed by atoms with Crippen LogP contribution in [0.25, 0.3) is 0 Å². The van der Waals surface area contributed by atoms with E-state index in [0.717, 1.165) is 0 Å². The summed E-state index contributed by atoms with van der Waals surface area (Å²) in [6.07, 6.45) is 20.3. The van der Waals surface area contributed by atoms with E-state index >= 15 is 0 Å². The van der Waals surface area contributed by atoms with Crippen LogP contribution in [0.4, 0.5) is 0 Å². The first kappa shape index (κ1) is 17.5. The summed E-state index contributed by atoms with van der Waals surface area (Å²) < 4.78 is 0. The molecule has 0 unspecified atom stereocenters. The molecule has 0 saturated heterocycles. The molecule has 0 radical (unpaired) electrons. The van der Waals surface area contributed by atoms with Crippen molar-refractivity contribution in [2.75, 3.05) is 0 Å². The second-order valence-corrected chi connectivity index (χ2v) is 5.88. The van der Waals surface area contributed by atoms with Crippen molar-refractivity contribution in [1.82, 2.24) is 0 Å². The third-order valence-corrected chi connectivity index (χ3v) is 3.90. The predicted octanol–water partition coefficient (Wildman–Crippen LogP) is 6.43. The van der Waals surface area contributed by atoms with E-state index in [-0.39, 0.29) is 0 Å². The van der Waals surface area contributed by atoms with Crippen LogP contribution >= 0.6 is 0 Å². The number of hydrogen-bond donors (Lipinski definition) is 0. The molecular weight excluding hydrogens is 247 g/mol. The third kappa shape index (κ3) is 16.5. The molecule has 0 aromatic heterocycles. The minimum atomic E-state index is 1.19. The van der Waals surface area contributed by atoms with Gasteiger partial charge in [-0.1, -0.05) is 26.2 Å². The Morgan fingerprint density at radius 2 is 0.765 bits per heavy atom. The van der Waals surface area contributed by atoms with Crippen molar-refractivity contribution in [2.24, 2.45) is 0 Å². The Balaban J connectivity index is 2.85. The van der Waals surface area contributed by atoms with Crippen molar-refractivity contribution in [3.63, 3.8) is 0 Å². The monoisotopic (exact) mass is 280 g/mol. The first-order chi connectivity index (χ1) is 8.41. The first-order valence-corrected chi connectivity index (χ1v) is 8.81. The first-order valence-electron chi connectivity index (χ1n) is 7.97. The molecule has 0 aliphatic rings. The number of hydrogen-bond acceptors (Lipinski definition) is 0. The van der Waals surface area contributed by atoms with Gasteiger partial charge in [0.2, 0.25) is 0 Å². The van der Waals surface area contributed by atoms with Crippen LogP contribution in [0, 0.1) is 0 Å². The Hall–Kier alpha value is 0.519. The zero-order chi connectivity index (χ0) is 12.6. The normalized spacial score (nSPS) is 10.9. The van der Waals surface area contributed by atoms with Gasteiger partial charge in [0.1, 0.15) is 0 Å². The molecule has 104 valence electrons. The molecule has 0 fully saturated rings. The zero-order valence-electron chi connectivity index (χ0n) is 12.0. The van der Waals surface area contributed by atoms with Gasteiger partial charge in [0.15, 0.2) is 0 Å². The van der Waals surface area contributed by atoms with Crippen LogP contribution in [0.1, 0.15) is 96.8 Å². The summed E-state index contributed by atoms with van der Waals surface area (Å²) in [5.74, 6) is 0. The van der Waals surface area contributed by atoms with Gasteiger partial charge in [-0.3, -0.25) is 0 Å². The molecule has 1 heteroatoms. The topological polar surface area (TPSA) is 0 Å². The van der Waals surface area contributed by atoms with Crippen molar-refractivity contribution < 1.29 is 16.0 Å². The zero-order valence-corrected chi connectivity index (χ0v) is 13.2. The number of rotatable bonds is 14. The summed E-state index contributed by atoms with van der Waals surface area (Å²) >= 11 is 3.48. The Labute approximate surface area is 118 Å². The molecule has 0 spiro atoms. The summed E-state index contributed by atoms with van der Waals surface area (Å²) in [7, 11) is 0. The molecule has 0 rings (SSSR count). The average molecular weight is 280 g/mol. The summed E-state index contributed by atoms with van der Waals surface area (Å²) in [5, 5.41) is 1.19. The Kier molecular flexibility index (Phi) is 17.0. The maximum absolute atomic E-state index is 3.48. The fraction of sp³-hybridized carbons (Fsp3) is 1.00. The van der Waals surface area contributed by atoms with Crippen LogP contribution in [0.5, 0.6) is 0 Å². The van der Waals surface area contributed by atoms with Crippen LogP contribution in [0.3, 0.4) is 0 Å². The third-order valence-electron chi connectivity index (χ3n) is 3.49. The molecule has 0 aliphatic heterocycles. The van der Waals surface area contributed by atoms with Crippen molar-refractivity contribution in [3.8, 4) is 0 Å². The summed E-state index contributed by atoms with van der Waals surface area (Å²) in [5.41, 5.74) is 0. The van der Waals surface area contributed by atoms with Crippen LogP contribution in [-0.4, -0.2) is 0 Å². The minimum absolute atomic E-state index is 1.19. The van der Waals surface area contributed by atoms with Crippen LogP contribution in [0.2, 0.25) is 5.32 Å². The summed E-state index contributed by atoms with van der Waals surface area (Å²) in [6.45, 7) is 2.29. The predicted molar refractivity (Wildman–Crippen MR) is 75.1 cm³/mol. The van der Waals surface area contributed by atoms with Gasteiger partial charge in [-0.05, 0) is 0 Å². The molecule has 0 heterocycles.